The number of halogens is 2. The van der Waals surface area contributed by atoms with Crippen LogP contribution >= 0.6 is 23.2 Å². The molecule has 0 spiro atoms. The fourth-order valence-electron chi connectivity index (χ4n) is 1.67. The first-order chi connectivity index (χ1) is 9.54. The molecule has 1 unspecified atom stereocenters. The quantitative estimate of drug-likeness (QED) is 0.918. The molecule has 4 nitrogen and oxygen atoms in total. The van der Waals surface area contributed by atoms with Gasteiger partial charge in [-0.1, -0.05) is 29.3 Å². The predicted molar refractivity (Wildman–Crippen MR) is 76.5 cm³/mol. The molecule has 1 N–H and O–H groups in total. The Hall–Kier alpha value is -1.78. The number of nitrogens with zero attached hydrogens (tertiary/aromatic N) is 1. The van der Waals surface area contributed by atoms with E-state index in [-0.39, 0.29) is 6.42 Å². The summed E-state index contributed by atoms with van der Waals surface area (Å²) in [6.07, 6.45) is 2.39. The maximum atomic E-state index is 11.3. The van der Waals surface area contributed by atoms with Crippen LogP contribution in [0, 0.1) is 0 Å². The van der Waals surface area contributed by atoms with E-state index in [0.29, 0.717) is 15.8 Å². The van der Waals surface area contributed by atoms with Gasteiger partial charge in [0.1, 0.15) is 5.75 Å². The first-order valence-electron chi connectivity index (χ1n) is 5.79. The standard InChI is InChI=1S/C14H11Cl2NO3/c15-10-5-11(16)7-12(6-10)20-13(14(18)19)4-9-2-1-3-17-8-9/h1-3,5-8,13H,4H2,(H,18,19). The van der Waals surface area contributed by atoms with Gasteiger partial charge >= 0.3 is 5.97 Å². The van der Waals surface area contributed by atoms with Gasteiger partial charge in [0.05, 0.1) is 0 Å². The minimum absolute atomic E-state index is 0.202. The molecule has 0 bridgehead atoms. The Balaban J connectivity index is 2.15. The molecule has 0 radical (unpaired) electrons. The van der Waals surface area contributed by atoms with Gasteiger partial charge in [-0.05, 0) is 29.8 Å². The largest absolute Gasteiger partial charge is 0.478 e. The summed E-state index contributed by atoms with van der Waals surface area (Å²) in [5.74, 6) is -0.747. The molecule has 1 aromatic heterocycles. The van der Waals surface area contributed by atoms with Crippen LogP contribution < -0.4 is 4.74 Å². The molecule has 6 heteroatoms. The number of carbonyl (C=O) groups is 1. The highest BCUT2D eigenvalue weighted by Crippen LogP contribution is 2.25. The summed E-state index contributed by atoms with van der Waals surface area (Å²) >= 11 is 11.7. The highest BCUT2D eigenvalue weighted by atomic mass is 35.5. The van der Waals surface area contributed by atoms with Gasteiger partial charge in [0, 0.05) is 28.9 Å². The lowest BCUT2D eigenvalue weighted by atomic mass is 10.1. The summed E-state index contributed by atoms with van der Waals surface area (Å²) in [5, 5.41) is 10.00. The third kappa shape index (κ3) is 4.11. The van der Waals surface area contributed by atoms with Crippen LogP contribution in [-0.4, -0.2) is 22.2 Å². The normalized spacial score (nSPS) is 11.9. The van der Waals surface area contributed by atoms with Crippen molar-refractivity contribution in [1.29, 1.82) is 0 Å². The van der Waals surface area contributed by atoms with E-state index in [1.54, 1.807) is 30.6 Å². The number of hydrogen-bond donors (Lipinski definition) is 1. The van der Waals surface area contributed by atoms with Crippen molar-refractivity contribution in [2.24, 2.45) is 0 Å². The maximum absolute atomic E-state index is 11.3. The molecule has 0 saturated carbocycles. The average molecular weight is 312 g/mol. The lowest BCUT2D eigenvalue weighted by Gasteiger charge is -2.15. The van der Waals surface area contributed by atoms with E-state index in [1.807, 2.05) is 0 Å². The molecule has 104 valence electrons. The minimum Gasteiger partial charge on any atom is -0.478 e. The zero-order valence-corrected chi connectivity index (χ0v) is 11.8. The number of aromatic nitrogens is 1. The fraction of sp³-hybridized carbons (Fsp3) is 0.143. The van der Waals surface area contributed by atoms with Crippen molar-refractivity contribution in [3.8, 4) is 5.75 Å². The second-order valence-corrected chi connectivity index (χ2v) is 4.99. The molecule has 0 aliphatic heterocycles. The van der Waals surface area contributed by atoms with Crippen LogP contribution in [-0.2, 0) is 11.2 Å². The maximum Gasteiger partial charge on any atom is 0.345 e. The molecule has 0 amide bonds. The highest BCUT2D eigenvalue weighted by Gasteiger charge is 2.20. The van der Waals surface area contributed by atoms with Gasteiger partial charge in [0.15, 0.2) is 6.10 Å². The van der Waals surface area contributed by atoms with Gasteiger partial charge in [-0.25, -0.2) is 4.79 Å². The number of carboxylic acids is 1. The van der Waals surface area contributed by atoms with E-state index in [2.05, 4.69) is 4.98 Å². The van der Waals surface area contributed by atoms with Crippen molar-refractivity contribution in [3.63, 3.8) is 0 Å². The van der Waals surface area contributed by atoms with E-state index in [1.165, 1.54) is 12.1 Å². The molecular formula is C14H11Cl2NO3. The second-order valence-electron chi connectivity index (χ2n) is 4.12. The second kappa shape index (κ2) is 6.59. The summed E-state index contributed by atoms with van der Waals surface area (Å²) in [4.78, 5) is 15.2. The SMILES string of the molecule is O=C(O)C(Cc1cccnc1)Oc1cc(Cl)cc(Cl)c1. The summed E-state index contributed by atoms with van der Waals surface area (Å²) in [7, 11) is 0. The Morgan fingerprint density at radius 2 is 2.00 bits per heavy atom. The van der Waals surface area contributed by atoms with Gasteiger partial charge in [0.25, 0.3) is 0 Å². The molecule has 2 rings (SSSR count). The summed E-state index contributed by atoms with van der Waals surface area (Å²) < 4.78 is 5.45. The first kappa shape index (κ1) is 14.6. The van der Waals surface area contributed by atoms with Gasteiger partial charge in [-0.15, -0.1) is 0 Å². The highest BCUT2D eigenvalue weighted by molar-refractivity contribution is 6.34. The Morgan fingerprint density at radius 3 is 2.55 bits per heavy atom. The van der Waals surface area contributed by atoms with Crippen LogP contribution in [0.1, 0.15) is 5.56 Å². The third-order valence-corrected chi connectivity index (χ3v) is 2.97. The van der Waals surface area contributed by atoms with Crippen LogP contribution in [0.3, 0.4) is 0 Å². The van der Waals surface area contributed by atoms with Crippen LogP contribution in [0.2, 0.25) is 10.0 Å². The fourth-order valence-corrected chi connectivity index (χ4v) is 2.18. The van der Waals surface area contributed by atoms with Crippen molar-refractivity contribution < 1.29 is 14.6 Å². The van der Waals surface area contributed by atoms with Gasteiger partial charge < -0.3 is 9.84 Å². The molecule has 1 aromatic carbocycles. The number of pyridine rings is 1. The van der Waals surface area contributed by atoms with Gasteiger partial charge in [-0.3, -0.25) is 4.98 Å². The van der Waals surface area contributed by atoms with E-state index in [4.69, 9.17) is 27.9 Å². The summed E-state index contributed by atoms with van der Waals surface area (Å²) in [6.45, 7) is 0. The van der Waals surface area contributed by atoms with Crippen LogP contribution in [0.25, 0.3) is 0 Å². The van der Waals surface area contributed by atoms with E-state index >= 15 is 0 Å². The third-order valence-electron chi connectivity index (χ3n) is 2.53. The molecule has 0 aliphatic carbocycles. The number of rotatable bonds is 5. The van der Waals surface area contributed by atoms with Crippen LogP contribution in [0.4, 0.5) is 0 Å². The van der Waals surface area contributed by atoms with Crippen molar-refractivity contribution in [2.45, 2.75) is 12.5 Å². The summed E-state index contributed by atoms with van der Waals surface area (Å²) in [5.41, 5.74) is 0.771. The van der Waals surface area contributed by atoms with E-state index in [0.717, 1.165) is 5.56 Å². The molecule has 20 heavy (non-hydrogen) atoms. The van der Waals surface area contributed by atoms with Crippen molar-refractivity contribution in [1.82, 2.24) is 4.98 Å². The first-order valence-corrected chi connectivity index (χ1v) is 6.54. The Bertz CT molecular complexity index is 584. The number of hydrogen-bond acceptors (Lipinski definition) is 3. The molecule has 1 heterocycles. The lowest BCUT2D eigenvalue weighted by Crippen LogP contribution is -2.29. The molecule has 0 saturated heterocycles. The Kier molecular flexibility index (Phi) is 4.82. The molecule has 2 aromatic rings. The lowest BCUT2D eigenvalue weighted by molar-refractivity contribution is -0.145. The summed E-state index contributed by atoms with van der Waals surface area (Å²) in [6, 6.07) is 8.12. The van der Waals surface area contributed by atoms with Crippen molar-refractivity contribution >= 4 is 29.2 Å². The number of ether oxygens (including phenoxy) is 1. The zero-order valence-electron chi connectivity index (χ0n) is 10.3. The predicted octanol–water partition coefficient (Wildman–Crippen LogP) is 3.46. The Labute approximate surface area is 125 Å². The average Bonchev–Trinajstić information content (AvgIpc) is 2.38. The van der Waals surface area contributed by atoms with E-state index < -0.39 is 12.1 Å². The van der Waals surface area contributed by atoms with Crippen LogP contribution in [0.5, 0.6) is 5.75 Å². The molecule has 0 aliphatic rings. The number of carboxylic acid groups (broad SMARTS) is 1. The Morgan fingerprint density at radius 1 is 1.30 bits per heavy atom. The molecular weight excluding hydrogens is 301 g/mol. The monoisotopic (exact) mass is 311 g/mol. The van der Waals surface area contributed by atoms with Gasteiger partial charge in [0.2, 0.25) is 0 Å². The van der Waals surface area contributed by atoms with Crippen molar-refractivity contribution in [2.75, 3.05) is 0 Å². The smallest absolute Gasteiger partial charge is 0.345 e. The number of benzene rings is 1. The molecule has 1 atom stereocenters. The molecule has 0 fully saturated rings. The zero-order chi connectivity index (χ0) is 14.5. The van der Waals surface area contributed by atoms with E-state index in [9.17, 15) is 9.90 Å². The number of aliphatic carboxylic acids is 1. The topological polar surface area (TPSA) is 59.4 Å². The van der Waals surface area contributed by atoms with Gasteiger partial charge in [-0.2, -0.15) is 0 Å². The van der Waals surface area contributed by atoms with Crippen molar-refractivity contribution in [3.05, 3.63) is 58.3 Å². The van der Waals surface area contributed by atoms with Crippen LogP contribution in [0.15, 0.2) is 42.7 Å². The minimum atomic E-state index is -1.06.